The van der Waals surface area contributed by atoms with Crippen molar-refractivity contribution in [2.75, 3.05) is 26.2 Å². The molecule has 1 fully saturated rings. The van der Waals surface area contributed by atoms with E-state index in [1.165, 1.54) is 51.9 Å². The molecule has 1 aliphatic heterocycles. The summed E-state index contributed by atoms with van der Waals surface area (Å²) in [4.78, 5) is 2.76. The zero-order valence-electron chi connectivity index (χ0n) is 12.3. The quantitative estimate of drug-likeness (QED) is 0.735. The van der Waals surface area contributed by atoms with Gasteiger partial charge in [-0.15, -0.1) is 0 Å². The Balaban J connectivity index is 2.38. The monoisotopic (exact) mass is 240 g/mol. The summed E-state index contributed by atoms with van der Waals surface area (Å²) in [6, 6.07) is 0.841. The summed E-state index contributed by atoms with van der Waals surface area (Å²) >= 11 is 0. The number of nitrogens with one attached hydrogen (secondary N) is 1. The Labute approximate surface area is 108 Å². The van der Waals surface area contributed by atoms with E-state index in [2.05, 4.69) is 37.9 Å². The van der Waals surface area contributed by atoms with Gasteiger partial charge in [0.1, 0.15) is 0 Å². The van der Waals surface area contributed by atoms with Crippen LogP contribution in [-0.2, 0) is 0 Å². The molecule has 0 radical (unpaired) electrons. The van der Waals surface area contributed by atoms with Gasteiger partial charge in [-0.05, 0) is 63.7 Å². The summed E-state index contributed by atoms with van der Waals surface area (Å²) in [6.07, 6.45) is 5.39. The summed E-state index contributed by atoms with van der Waals surface area (Å²) < 4.78 is 0. The lowest BCUT2D eigenvalue weighted by molar-refractivity contribution is 0.147. The van der Waals surface area contributed by atoms with Gasteiger partial charge in [-0.2, -0.15) is 0 Å². The van der Waals surface area contributed by atoms with Gasteiger partial charge in [-0.3, -0.25) is 0 Å². The lowest BCUT2D eigenvalue weighted by atomic mass is 10.0. The van der Waals surface area contributed by atoms with E-state index in [1.807, 2.05) is 0 Å². The first-order chi connectivity index (χ1) is 8.09. The normalized spacial score (nSPS) is 18.5. The molecule has 1 saturated heterocycles. The van der Waals surface area contributed by atoms with E-state index in [9.17, 15) is 0 Å². The molecule has 1 heterocycles. The molecule has 1 N–H and O–H groups in total. The van der Waals surface area contributed by atoms with Crippen molar-refractivity contribution in [3.63, 3.8) is 0 Å². The van der Waals surface area contributed by atoms with Crippen molar-refractivity contribution in [2.24, 2.45) is 11.8 Å². The van der Waals surface area contributed by atoms with Crippen LogP contribution >= 0.6 is 0 Å². The molecule has 17 heavy (non-hydrogen) atoms. The Morgan fingerprint density at radius 1 is 0.941 bits per heavy atom. The summed E-state index contributed by atoms with van der Waals surface area (Å²) in [6.45, 7) is 14.4. The summed E-state index contributed by atoms with van der Waals surface area (Å²) in [5.74, 6) is 1.66. The topological polar surface area (TPSA) is 15.3 Å². The highest BCUT2D eigenvalue weighted by Crippen LogP contribution is 2.16. The predicted octanol–water partition coefficient (Wildman–Crippen LogP) is 3.13. The second-order valence-electron chi connectivity index (χ2n) is 6.38. The molecule has 0 atom stereocenters. The second kappa shape index (κ2) is 8.10. The number of hydrogen-bond donors (Lipinski definition) is 1. The van der Waals surface area contributed by atoms with E-state index in [-0.39, 0.29) is 0 Å². The third-order valence-electron chi connectivity index (χ3n) is 3.81. The van der Waals surface area contributed by atoms with Gasteiger partial charge in [0.15, 0.2) is 0 Å². The van der Waals surface area contributed by atoms with Crippen LogP contribution in [0.4, 0.5) is 0 Å². The van der Waals surface area contributed by atoms with Gasteiger partial charge in [0.2, 0.25) is 0 Å². The highest BCUT2D eigenvalue weighted by molar-refractivity contribution is 4.78. The van der Waals surface area contributed by atoms with Crippen molar-refractivity contribution in [1.29, 1.82) is 0 Å². The second-order valence-corrected chi connectivity index (χ2v) is 6.38. The van der Waals surface area contributed by atoms with Crippen LogP contribution < -0.4 is 5.32 Å². The molecule has 0 aliphatic carbocycles. The molecule has 0 bridgehead atoms. The van der Waals surface area contributed by atoms with E-state index in [4.69, 9.17) is 0 Å². The van der Waals surface area contributed by atoms with E-state index in [0.29, 0.717) is 0 Å². The number of hydrogen-bond acceptors (Lipinski definition) is 2. The summed E-state index contributed by atoms with van der Waals surface area (Å²) in [7, 11) is 0. The fourth-order valence-electron chi connectivity index (χ4n) is 2.50. The molecule has 2 heteroatoms. The van der Waals surface area contributed by atoms with Crippen LogP contribution in [0.3, 0.4) is 0 Å². The van der Waals surface area contributed by atoms with Gasteiger partial charge in [0, 0.05) is 6.04 Å². The van der Waals surface area contributed by atoms with Gasteiger partial charge in [-0.1, -0.05) is 27.7 Å². The molecule has 0 aromatic carbocycles. The maximum absolute atomic E-state index is 3.47. The number of nitrogens with zero attached hydrogens (tertiary/aromatic N) is 1. The van der Waals surface area contributed by atoms with Crippen molar-refractivity contribution in [3.8, 4) is 0 Å². The Hall–Kier alpha value is -0.0800. The molecular weight excluding hydrogens is 208 g/mol. The SMILES string of the molecule is CC(C)CCN(CCC(C)C)C1CCNCC1. The van der Waals surface area contributed by atoms with Crippen molar-refractivity contribution in [3.05, 3.63) is 0 Å². The maximum atomic E-state index is 3.47. The van der Waals surface area contributed by atoms with Crippen molar-refractivity contribution < 1.29 is 0 Å². The number of rotatable bonds is 7. The Morgan fingerprint density at radius 3 is 1.82 bits per heavy atom. The highest BCUT2D eigenvalue weighted by Gasteiger charge is 2.20. The standard InChI is InChI=1S/C15H32N2/c1-13(2)7-11-17(12-8-14(3)4)15-5-9-16-10-6-15/h13-16H,5-12H2,1-4H3. The maximum Gasteiger partial charge on any atom is 0.0119 e. The highest BCUT2D eigenvalue weighted by atomic mass is 15.2. The Morgan fingerprint density at radius 2 is 1.41 bits per heavy atom. The van der Waals surface area contributed by atoms with Gasteiger partial charge < -0.3 is 10.2 Å². The molecule has 0 spiro atoms. The van der Waals surface area contributed by atoms with Crippen LogP contribution in [0.25, 0.3) is 0 Å². The first-order valence-corrected chi connectivity index (χ1v) is 7.54. The average Bonchev–Trinajstić information content (AvgIpc) is 2.29. The van der Waals surface area contributed by atoms with E-state index in [1.54, 1.807) is 0 Å². The molecule has 102 valence electrons. The van der Waals surface area contributed by atoms with E-state index < -0.39 is 0 Å². The molecule has 0 amide bonds. The lowest BCUT2D eigenvalue weighted by Crippen LogP contribution is -2.44. The molecule has 1 rings (SSSR count). The van der Waals surface area contributed by atoms with Crippen molar-refractivity contribution in [2.45, 2.75) is 59.4 Å². The third-order valence-corrected chi connectivity index (χ3v) is 3.81. The van der Waals surface area contributed by atoms with Gasteiger partial charge in [0.05, 0.1) is 0 Å². The minimum atomic E-state index is 0.832. The first kappa shape index (κ1) is 15.0. The van der Waals surface area contributed by atoms with Crippen LogP contribution in [0.2, 0.25) is 0 Å². The molecule has 0 aromatic heterocycles. The Kier molecular flexibility index (Phi) is 7.14. The molecular formula is C15H32N2. The van der Waals surface area contributed by atoms with Crippen LogP contribution in [0.15, 0.2) is 0 Å². The minimum absolute atomic E-state index is 0.832. The fourth-order valence-corrected chi connectivity index (χ4v) is 2.50. The van der Waals surface area contributed by atoms with Crippen LogP contribution in [-0.4, -0.2) is 37.1 Å². The van der Waals surface area contributed by atoms with E-state index in [0.717, 1.165) is 17.9 Å². The molecule has 1 aliphatic rings. The molecule has 0 aromatic rings. The van der Waals surface area contributed by atoms with Gasteiger partial charge in [-0.25, -0.2) is 0 Å². The summed E-state index contributed by atoms with van der Waals surface area (Å²) in [5, 5.41) is 3.47. The first-order valence-electron chi connectivity index (χ1n) is 7.54. The molecule has 2 nitrogen and oxygen atoms in total. The van der Waals surface area contributed by atoms with Crippen LogP contribution in [0.5, 0.6) is 0 Å². The van der Waals surface area contributed by atoms with Crippen molar-refractivity contribution in [1.82, 2.24) is 10.2 Å². The van der Waals surface area contributed by atoms with Crippen molar-refractivity contribution >= 4 is 0 Å². The lowest BCUT2D eigenvalue weighted by Gasteiger charge is -2.35. The number of piperidine rings is 1. The minimum Gasteiger partial charge on any atom is -0.317 e. The third kappa shape index (κ3) is 6.42. The van der Waals surface area contributed by atoms with Crippen LogP contribution in [0, 0.1) is 11.8 Å². The zero-order chi connectivity index (χ0) is 12.7. The smallest absolute Gasteiger partial charge is 0.0119 e. The largest absolute Gasteiger partial charge is 0.317 e. The van der Waals surface area contributed by atoms with E-state index >= 15 is 0 Å². The Bertz CT molecular complexity index is 171. The van der Waals surface area contributed by atoms with Gasteiger partial charge >= 0.3 is 0 Å². The molecule has 0 unspecified atom stereocenters. The predicted molar refractivity (Wildman–Crippen MR) is 76.4 cm³/mol. The summed E-state index contributed by atoms with van der Waals surface area (Å²) in [5.41, 5.74) is 0. The van der Waals surface area contributed by atoms with Gasteiger partial charge in [0.25, 0.3) is 0 Å². The molecule has 0 saturated carbocycles. The van der Waals surface area contributed by atoms with Crippen LogP contribution in [0.1, 0.15) is 53.4 Å². The average molecular weight is 240 g/mol. The zero-order valence-corrected chi connectivity index (χ0v) is 12.3. The fraction of sp³-hybridized carbons (Fsp3) is 1.00.